The fourth-order valence-electron chi connectivity index (χ4n) is 2.36. The number of carbonyl (C=O) groups excluding carboxylic acids is 1. The van der Waals surface area contributed by atoms with Crippen LogP contribution in [0.3, 0.4) is 0 Å². The minimum Gasteiger partial charge on any atom is -0.464 e. The van der Waals surface area contributed by atoms with Crippen molar-refractivity contribution in [1.29, 1.82) is 0 Å². The van der Waals surface area contributed by atoms with Crippen molar-refractivity contribution in [2.45, 2.75) is 31.5 Å². The summed E-state index contributed by atoms with van der Waals surface area (Å²) < 4.78 is 11.6. The maximum Gasteiger partial charge on any atom is 0.338 e. The number of aromatic nitrogens is 4. The van der Waals surface area contributed by atoms with Crippen molar-refractivity contribution in [2.24, 2.45) is 0 Å². The van der Waals surface area contributed by atoms with Gasteiger partial charge in [-0.3, -0.25) is 4.57 Å². The van der Waals surface area contributed by atoms with Gasteiger partial charge in [-0.1, -0.05) is 0 Å². The van der Waals surface area contributed by atoms with Crippen LogP contribution in [-0.4, -0.2) is 60.6 Å². The lowest BCUT2D eigenvalue weighted by molar-refractivity contribution is -0.161. The van der Waals surface area contributed by atoms with Crippen LogP contribution in [0.4, 0.5) is 5.82 Å². The third kappa shape index (κ3) is 2.81. The second kappa shape index (κ2) is 6.62. The summed E-state index contributed by atoms with van der Waals surface area (Å²) in [4.78, 5) is 23.6. The summed E-state index contributed by atoms with van der Waals surface area (Å²) in [5.41, 5.74) is 6.36. The molecular formula is C12H16ClN5O5. The van der Waals surface area contributed by atoms with Crippen LogP contribution in [0, 0.1) is 0 Å². The van der Waals surface area contributed by atoms with Crippen LogP contribution in [0.2, 0.25) is 0 Å². The van der Waals surface area contributed by atoms with Crippen molar-refractivity contribution in [1.82, 2.24) is 19.5 Å². The number of hydrogen-bond donors (Lipinski definition) is 3. The average molecular weight is 346 g/mol. The van der Waals surface area contributed by atoms with Crippen LogP contribution in [0.15, 0.2) is 12.7 Å². The molecule has 0 spiro atoms. The molecule has 0 amide bonds. The molecule has 11 heteroatoms. The Kier molecular flexibility index (Phi) is 5.00. The van der Waals surface area contributed by atoms with Crippen LogP contribution in [-0.2, 0) is 14.3 Å². The minimum absolute atomic E-state index is 0. The van der Waals surface area contributed by atoms with Crippen LogP contribution < -0.4 is 5.73 Å². The Bertz CT molecular complexity index is 710. The van der Waals surface area contributed by atoms with Gasteiger partial charge in [0.05, 0.1) is 12.9 Å². The first-order chi connectivity index (χ1) is 10.5. The Labute approximate surface area is 136 Å². The van der Waals surface area contributed by atoms with Gasteiger partial charge in [0, 0.05) is 0 Å². The quantitative estimate of drug-likeness (QED) is 0.597. The summed E-state index contributed by atoms with van der Waals surface area (Å²) in [5, 5.41) is 20.1. The fraction of sp³-hybridized carbons (Fsp3) is 0.500. The van der Waals surface area contributed by atoms with Gasteiger partial charge < -0.3 is 25.4 Å². The molecule has 10 nitrogen and oxygen atoms in total. The molecular weight excluding hydrogens is 330 g/mol. The highest BCUT2D eigenvalue weighted by molar-refractivity contribution is 5.85. The number of nitrogen functional groups attached to an aromatic ring is 1. The van der Waals surface area contributed by atoms with Crippen LogP contribution in [0.25, 0.3) is 11.2 Å². The molecule has 1 fully saturated rings. The first-order valence-corrected chi connectivity index (χ1v) is 6.65. The van der Waals surface area contributed by atoms with Crippen molar-refractivity contribution >= 4 is 35.4 Å². The number of ether oxygens (including phenoxy) is 2. The molecule has 23 heavy (non-hydrogen) atoms. The van der Waals surface area contributed by atoms with Crippen LogP contribution >= 0.6 is 12.4 Å². The molecule has 0 radical (unpaired) electrons. The van der Waals surface area contributed by atoms with Gasteiger partial charge >= 0.3 is 5.97 Å². The summed E-state index contributed by atoms with van der Waals surface area (Å²) in [5.74, 6) is -0.561. The molecule has 1 aliphatic heterocycles. The molecule has 2 aromatic heterocycles. The number of fused-ring (bicyclic) bond motifs is 1. The number of carbonyl (C=O) groups is 1. The summed E-state index contributed by atoms with van der Waals surface area (Å²) in [6.07, 6.45) is -2.48. The topological polar surface area (TPSA) is 146 Å². The summed E-state index contributed by atoms with van der Waals surface area (Å²) >= 11 is 0. The fourth-order valence-corrected chi connectivity index (χ4v) is 2.36. The molecule has 3 rings (SSSR count). The highest BCUT2D eigenvalue weighted by Gasteiger charge is 2.48. The number of aliphatic hydroxyl groups is 2. The zero-order valence-electron chi connectivity index (χ0n) is 12.1. The van der Waals surface area contributed by atoms with Crippen LogP contribution in [0.1, 0.15) is 13.2 Å². The van der Waals surface area contributed by atoms with E-state index in [4.69, 9.17) is 15.2 Å². The highest BCUT2D eigenvalue weighted by Crippen LogP contribution is 2.32. The first kappa shape index (κ1) is 17.3. The molecule has 2 aromatic rings. The summed E-state index contributed by atoms with van der Waals surface area (Å²) in [6, 6.07) is 0. The Morgan fingerprint density at radius 3 is 2.83 bits per heavy atom. The Morgan fingerprint density at radius 1 is 1.39 bits per heavy atom. The van der Waals surface area contributed by atoms with Gasteiger partial charge in [-0.25, -0.2) is 19.7 Å². The molecule has 0 saturated carbocycles. The van der Waals surface area contributed by atoms with Gasteiger partial charge in [0.1, 0.15) is 24.1 Å². The van der Waals surface area contributed by atoms with Crippen molar-refractivity contribution < 1.29 is 24.5 Å². The van der Waals surface area contributed by atoms with E-state index in [0.717, 1.165) is 0 Å². The Balaban J connectivity index is 0.00000192. The largest absolute Gasteiger partial charge is 0.464 e. The Hall–Kier alpha value is -2.01. The smallest absolute Gasteiger partial charge is 0.338 e. The maximum absolute atomic E-state index is 11.7. The summed E-state index contributed by atoms with van der Waals surface area (Å²) in [6.45, 7) is 1.78. The lowest BCUT2D eigenvalue weighted by atomic mass is 10.1. The molecule has 1 aliphatic rings. The van der Waals surface area contributed by atoms with E-state index in [-0.39, 0.29) is 24.8 Å². The normalized spacial score (nSPS) is 26.9. The van der Waals surface area contributed by atoms with Gasteiger partial charge in [-0.15, -0.1) is 12.4 Å². The van der Waals surface area contributed by atoms with Gasteiger partial charge in [0.15, 0.2) is 23.8 Å². The molecule has 4 N–H and O–H groups in total. The van der Waals surface area contributed by atoms with E-state index in [2.05, 4.69) is 15.0 Å². The first-order valence-electron chi connectivity index (χ1n) is 6.65. The number of esters is 1. The van der Waals surface area contributed by atoms with E-state index in [1.165, 1.54) is 17.2 Å². The third-order valence-corrected chi connectivity index (χ3v) is 3.42. The SMILES string of the molecule is CCOC(=O)[C@H]1O[C@@H](n2cnc3c(N)ncnc32)[C@H](O)[C@@H]1O.Cl. The number of nitrogens with two attached hydrogens (primary N) is 1. The van der Waals surface area contributed by atoms with Crippen molar-refractivity contribution in [3.05, 3.63) is 12.7 Å². The van der Waals surface area contributed by atoms with E-state index >= 15 is 0 Å². The van der Waals surface area contributed by atoms with Gasteiger partial charge in [-0.2, -0.15) is 0 Å². The third-order valence-electron chi connectivity index (χ3n) is 3.42. The molecule has 0 bridgehead atoms. The van der Waals surface area contributed by atoms with Gasteiger partial charge in [0.2, 0.25) is 0 Å². The monoisotopic (exact) mass is 345 g/mol. The molecule has 1 saturated heterocycles. The predicted molar refractivity (Wildman–Crippen MR) is 79.5 cm³/mol. The summed E-state index contributed by atoms with van der Waals surface area (Å²) in [7, 11) is 0. The van der Waals surface area contributed by atoms with Crippen molar-refractivity contribution in [3.8, 4) is 0 Å². The standard InChI is InChI=1S/C12H15N5O5.ClH/c1-2-21-12(20)8-6(18)7(19)11(22-8)17-4-16-5-9(13)14-3-15-10(5)17;/h3-4,6-8,11,18-19H,2H2,1H3,(H2,13,14,15);1H/t6-,7+,8-,11+;/m0./s1. The zero-order chi connectivity index (χ0) is 15.9. The number of imidazole rings is 1. The van der Waals surface area contributed by atoms with E-state index in [1.807, 2.05) is 0 Å². The molecule has 0 unspecified atom stereocenters. The van der Waals surface area contributed by atoms with Gasteiger partial charge in [0.25, 0.3) is 0 Å². The maximum atomic E-state index is 11.7. The Morgan fingerprint density at radius 2 is 2.13 bits per heavy atom. The van der Waals surface area contributed by atoms with E-state index in [0.29, 0.717) is 11.2 Å². The number of hydrogen-bond acceptors (Lipinski definition) is 9. The minimum atomic E-state index is -1.42. The molecule has 0 aromatic carbocycles. The lowest BCUT2D eigenvalue weighted by Crippen LogP contribution is -2.37. The average Bonchev–Trinajstić information content (AvgIpc) is 3.03. The molecule has 4 atom stereocenters. The molecule has 0 aliphatic carbocycles. The second-order valence-corrected chi connectivity index (χ2v) is 4.76. The zero-order valence-corrected chi connectivity index (χ0v) is 12.9. The second-order valence-electron chi connectivity index (χ2n) is 4.76. The number of halogens is 1. The predicted octanol–water partition coefficient (Wildman–Crippen LogP) is -0.987. The van der Waals surface area contributed by atoms with Gasteiger partial charge in [-0.05, 0) is 6.92 Å². The van der Waals surface area contributed by atoms with E-state index < -0.39 is 30.5 Å². The van der Waals surface area contributed by atoms with Crippen LogP contribution in [0.5, 0.6) is 0 Å². The van der Waals surface area contributed by atoms with Crippen molar-refractivity contribution in [2.75, 3.05) is 12.3 Å². The van der Waals surface area contributed by atoms with E-state index in [9.17, 15) is 15.0 Å². The van der Waals surface area contributed by atoms with Crippen molar-refractivity contribution in [3.63, 3.8) is 0 Å². The number of aliphatic hydroxyl groups excluding tert-OH is 2. The molecule has 126 valence electrons. The number of rotatable bonds is 3. The molecule has 3 heterocycles. The number of nitrogens with zero attached hydrogens (tertiary/aromatic N) is 4. The van der Waals surface area contributed by atoms with E-state index in [1.54, 1.807) is 6.92 Å². The highest BCUT2D eigenvalue weighted by atomic mass is 35.5. The number of anilines is 1. The lowest BCUT2D eigenvalue weighted by Gasteiger charge is -2.16.